The van der Waals surface area contributed by atoms with Gasteiger partial charge >= 0.3 is 5.97 Å². The molecule has 1 aliphatic carbocycles. The Hall–Kier alpha value is -1.87. The van der Waals surface area contributed by atoms with Crippen molar-refractivity contribution in [2.75, 3.05) is 7.11 Å². The van der Waals surface area contributed by atoms with E-state index in [-0.39, 0.29) is 11.9 Å². The molecule has 0 amide bonds. The molecule has 0 aliphatic heterocycles. The van der Waals surface area contributed by atoms with E-state index in [9.17, 15) is 4.79 Å². The summed E-state index contributed by atoms with van der Waals surface area (Å²) in [5.74, 6) is -0.389. The van der Waals surface area contributed by atoms with Gasteiger partial charge in [0.1, 0.15) is 0 Å². The summed E-state index contributed by atoms with van der Waals surface area (Å²) in [5, 5.41) is 2.05. The molecule has 90 valence electrons. The molecule has 1 aromatic carbocycles. The van der Waals surface area contributed by atoms with Crippen molar-refractivity contribution < 1.29 is 9.53 Å². The van der Waals surface area contributed by atoms with Crippen LogP contribution in [0.1, 0.15) is 16.4 Å². The van der Waals surface area contributed by atoms with Gasteiger partial charge in [-0.3, -0.25) is 0 Å². The minimum absolute atomic E-state index is 0.0522. The van der Waals surface area contributed by atoms with Crippen molar-refractivity contribution in [2.45, 2.75) is 5.92 Å². The van der Waals surface area contributed by atoms with Crippen LogP contribution in [0.4, 0.5) is 0 Å². The maximum atomic E-state index is 11.7. The maximum Gasteiger partial charge on any atom is 0.334 e. The molecule has 1 aromatic heterocycles. The molecule has 0 fully saturated rings. The van der Waals surface area contributed by atoms with Crippen LogP contribution in [0.2, 0.25) is 0 Å². The van der Waals surface area contributed by atoms with Crippen LogP contribution in [0.25, 0.3) is 11.1 Å². The highest BCUT2D eigenvalue weighted by Gasteiger charge is 2.34. The highest BCUT2D eigenvalue weighted by molar-refractivity contribution is 7.10. The van der Waals surface area contributed by atoms with Crippen LogP contribution in [0.5, 0.6) is 0 Å². The van der Waals surface area contributed by atoms with Gasteiger partial charge in [-0.05, 0) is 28.1 Å². The average Bonchev–Trinajstić information content (AvgIpc) is 2.97. The number of methoxy groups -OCH3 is 1. The molecule has 0 saturated heterocycles. The van der Waals surface area contributed by atoms with Gasteiger partial charge in [0.15, 0.2) is 0 Å². The fourth-order valence-corrected chi connectivity index (χ4v) is 3.56. The average molecular weight is 256 g/mol. The molecule has 1 aliphatic rings. The van der Waals surface area contributed by atoms with Gasteiger partial charge in [0.25, 0.3) is 0 Å². The fraction of sp³-hybridized carbons (Fsp3) is 0.133. The molecule has 1 unspecified atom stereocenters. The van der Waals surface area contributed by atoms with E-state index in [2.05, 4.69) is 30.2 Å². The van der Waals surface area contributed by atoms with Gasteiger partial charge in [0, 0.05) is 10.5 Å². The van der Waals surface area contributed by atoms with Gasteiger partial charge < -0.3 is 4.74 Å². The molecular formula is C15H12O2S. The van der Waals surface area contributed by atoms with Crippen molar-refractivity contribution in [1.29, 1.82) is 0 Å². The SMILES string of the molecule is C=C(C(=O)OC)C1c2ccccc2-c2ccsc21. The van der Waals surface area contributed by atoms with Gasteiger partial charge in [-0.1, -0.05) is 30.8 Å². The second-order valence-corrected chi connectivity index (χ2v) is 5.18. The smallest absolute Gasteiger partial charge is 0.334 e. The van der Waals surface area contributed by atoms with E-state index in [1.54, 1.807) is 11.3 Å². The van der Waals surface area contributed by atoms with Crippen molar-refractivity contribution in [2.24, 2.45) is 0 Å². The number of fused-ring (bicyclic) bond motifs is 3. The third-order valence-corrected chi connectivity index (χ3v) is 4.30. The highest BCUT2D eigenvalue weighted by atomic mass is 32.1. The minimum Gasteiger partial charge on any atom is -0.466 e. The summed E-state index contributed by atoms with van der Waals surface area (Å²) in [6.45, 7) is 3.92. The summed E-state index contributed by atoms with van der Waals surface area (Å²) < 4.78 is 4.80. The number of esters is 1. The Balaban J connectivity index is 2.17. The van der Waals surface area contributed by atoms with Crippen molar-refractivity contribution in [3.05, 3.63) is 58.3 Å². The molecule has 0 bridgehead atoms. The molecule has 2 nitrogen and oxygen atoms in total. The molecule has 0 saturated carbocycles. The Morgan fingerprint density at radius 2 is 2.06 bits per heavy atom. The van der Waals surface area contributed by atoms with Gasteiger partial charge in [-0.25, -0.2) is 4.79 Å². The van der Waals surface area contributed by atoms with Crippen LogP contribution >= 0.6 is 11.3 Å². The second-order valence-electron chi connectivity index (χ2n) is 4.24. The largest absolute Gasteiger partial charge is 0.466 e. The molecule has 0 N–H and O–H groups in total. The number of hydrogen-bond donors (Lipinski definition) is 0. The fourth-order valence-electron chi connectivity index (χ4n) is 2.50. The van der Waals surface area contributed by atoms with Crippen molar-refractivity contribution in [3.63, 3.8) is 0 Å². The number of hydrogen-bond acceptors (Lipinski definition) is 3. The summed E-state index contributed by atoms with van der Waals surface area (Å²) in [6, 6.07) is 10.3. The van der Waals surface area contributed by atoms with Gasteiger partial charge in [0.05, 0.1) is 13.0 Å². The van der Waals surface area contributed by atoms with Crippen LogP contribution < -0.4 is 0 Å². The third kappa shape index (κ3) is 1.44. The molecule has 2 aromatic rings. The number of thiophene rings is 1. The molecule has 1 atom stereocenters. The first-order chi connectivity index (χ1) is 8.74. The first-order valence-corrected chi connectivity index (χ1v) is 6.55. The summed E-state index contributed by atoms with van der Waals surface area (Å²) in [4.78, 5) is 12.9. The van der Waals surface area contributed by atoms with E-state index in [0.717, 1.165) is 5.56 Å². The third-order valence-electron chi connectivity index (χ3n) is 3.32. The van der Waals surface area contributed by atoms with E-state index in [0.29, 0.717) is 5.57 Å². The van der Waals surface area contributed by atoms with Gasteiger partial charge in [-0.15, -0.1) is 11.3 Å². The Morgan fingerprint density at radius 1 is 1.28 bits per heavy atom. The number of carbonyl (C=O) groups excluding carboxylic acids is 1. The van der Waals surface area contributed by atoms with E-state index in [1.807, 2.05) is 12.1 Å². The van der Waals surface area contributed by atoms with E-state index >= 15 is 0 Å². The lowest BCUT2D eigenvalue weighted by Gasteiger charge is -2.13. The molecular weight excluding hydrogens is 244 g/mol. The van der Waals surface area contributed by atoms with Crippen molar-refractivity contribution in [1.82, 2.24) is 0 Å². The number of ether oxygens (including phenoxy) is 1. The molecule has 18 heavy (non-hydrogen) atoms. The Labute approximate surface area is 110 Å². The molecule has 1 heterocycles. The lowest BCUT2D eigenvalue weighted by molar-refractivity contribution is -0.136. The summed E-state index contributed by atoms with van der Waals surface area (Å²) in [5.41, 5.74) is 4.07. The number of carbonyl (C=O) groups is 1. The van der Waals surface area contributed by atoms with Crippen molar-refractivity contribution in [3.8, 4) is 11.1 Å². The maximum absolute atomic E-state index is 11.7. The van der Waals surface area contributed by atoms with Crippen LogP contribution in [0.3, 0.4) is 0 Å². The first kappa shape index (κ1) is 11.2. The topological polar surface area (TPSA) is 26.3 Å². The predicted octanol–water partition coefficient (Wildman–Crippen LogP) is 3.59. The Bertz CT molecular complexity index is 639. The Kier molecular flexibility index (Phi) is 2.56. The summed E-state index contributed by atoms with van der Waals surface area (Å²) >= 11 is 1.66. The normalized spacial score (nSPS) is 15.9. The number of rotatable bonds is 2. The summed E-state index contributed by atoms with van der Waals surface area (Å²) in [7, 11) is 1.39. The van der Waals surface area contributed by atoms with Crippen LogP contribution in [0, 0.1) is 0 Å². The highest BCUT2D eigenvalue weighted by Crippen LogP contribution is 2.50. The lowest BCUT2D eigenvalue weighted by Crippen LogP contribution is -2.11. The standard InChI is InChI=1S/C15H12O2S/c1-9(15(16)17-2)13-11-6-4-3-5-10(11)12-7-8-18-14(12)13/h3-8,13H,1H2,2H3. The van der Waals surface area contributed by atoms with Gasteiger partial charge in [0.2, 0.25) is 0 Å². The van der Waals surface area contributed by atoms with Crippen molar-refractivity contribution >= 4 is 17.3 Å². The Morgan fingerprint density at radius 3 is 2.83 bits per heavy atom. The van der Waals surface area contributed by atoms with Crippen LogP contribution in [-0.2, 0) is 9.53 Å². The second kappa shape index (κ2) is 4.10. The number of benzene rings is 1. The van der Waals surface area contributed by atoms with E-state index in [1.165, 1.54) is 23.1 Å². The predicted molar refractivity (Wildman–Crippen MR) is 72.8 cm³/mol. The quantitative estimate of drug-likeness (QED) is 0.606. The first-order valence-electron chi connectivity index (χ1n) is 5.68. The molecule has 0 spiro atoms. The summed E-state index contributed by atoms with van der Waals surface area (Å²) in [6.07, 6.45) is 0. The minimum atomic E-state index is -0.337. The van der Waals surface area contributed by atoms with Gasteiger partial charge in [-0.2, -0.15) is 0 Å². The monoisotopic (exact) mass is 256 g/mol. The zero-order valence-corrected chi connectivity index (χ0v) is 10.8. The lowest BCUT2D eigenvalue weighted by atomic mass is 9.94. The zero-order valence-electron chi connectivity index (χ0n) is 9.97. The van der Waals surface area contributed by atoms with Crippen LogP contribution in [-0.4, -0.2) is 13.1 Å². The zero-order chi connectivity index (χ0) is 12.7. The molecule has 0 radical (unpaired) electrons. The van der Waals surface area contributed by atoms with Crippen LogP contribution in [0.15, 0.2) is 47.9 Å². The molecule has 3 heteroatoms. The molecule has 3 rings (SSSR count). The van der Waals surface area contributed by atoms with E-state index in [4.69, 9.17) is 4.74 Å². The van der Waals surface area contributed by atoms with E-state index < -0.39 is 0 Å².